The molecule has 0 aliphatic heterocycles. The van der Waals surface area contributed by atoms with Crippen LogP contribution < -0.4 is 5.11 Å². The molecule has 0 N–H and O–H groups in total. The van der Waals surface area contributed by atoms with Crippen LogP contribution in [0, 0.1) is 0 Å². The maximum absolute atomic E-state index is 12.3. The van der Waals surface area contributed by atoms with Gasteiger partial charge in [0.25, 0.3) is 0 Å². The Morgan fingerprint density at radius 3 is 2.63 bits per heavy atom. The van der Waals surface area contributed by atoms with Gasteiger partial charge in [-0.3, -0.25) is 4.68 Å². The lowest BCUT2D eigenvalue weighted by molar-refractivity contribution is -0.255. The van der Waals surface area contributed by atoms with Gasteiger partial charge in [0.1, 0.15) is 0 Å². The first kappa shape index (κ1) is 13.1. The Bertz CT molecular complexity index is 605. The van der Waals surface area contributed by atoms with Crippen molar-refractivity contribution in [3.63, 3.8) is 0 Å². The zero-order valence-electron chi connectivity index (χ0n) is 9.52. The average Bonchev–Trinajstić information content (AvgIpc) is 2.77. The van der Waals surface area contributed by atoms with Crippen molar-refractivity contribution in [3.05, 3.63) is 53.3 Å². The number of hydrogen-bond acceptors (Lipinski definition) is 3. The molecule has 0 fully saturated rings. The van der Waals surface area contributed by atoms with Crippen molar-refractivity contribution in [2.45, 2.75) is 12.7 Å². The first-order valence-electron chi connectivity index (χ1n) is 5.27. The summed E-state index contributed by atoms with van der Waals surface area (Å²) in [7, 11) is 0. The Morgan fingerprint density at radius 2 is 2.05 bits per heavy atom. The van der Waals surface area contributed by atoms with E-state index in [1.165, 1.54) is 24.4 Å². The van der Waals surface area contributed by atoms with Gasteiger partial charge in [-0.25, -0.2) is 0 Å². The molecule has 0 aliphatic rings. The quantitative estimate of drug-likeness (QED) is 0.844. The van der Waals surface area contributed by atoms with Crippen molar-refractivity contribution >= 4 is 5.97 Å². The van der Waals surface area contributed by atoms with Crippen LogP contribution >= 0.6 is 0 Å². The monoisotopic (exact) mass is 269 g/mol. The summed E-state index contributed by atoms with van der Waals surface area (Å²) in [6.45, 7) is 0.0528. The largest absolute Gasteiger partial charge is 0.545 e. The summed E-state index contributed by atoms with van der Waals surface area (Å²) >= 11 is 0. The number of alkyl halides is 3. The fourth-order valence-corrected chi connectivity index (χ4v) is 1.58. The number of nitrogens with zero attached hydrogens (tertiary/aromatic N) is 2. The molecular formula is C12H8F3N2O2-. The van der Waals surface area contributed by atoms with Gasteiger partial charge in [0.2, 0.25) is 0 Å². The lowest BCUT2D eigenvalue weighted by Crippen LogP contribution is -2.22. The first-order chi connectivity index (χ1) is 8.86. The minimum Gasteiger partial charge on any atom is -0.545 e. The van der Waals surface area contributed by atoms with Crippen molar-refractivity contribution in [1.82, 2.24) is 9.78 Å². The maximum atomic E-state index is 12.3. The van der Waals surface area contributed by atoms with Gasteiger partial charge in [-0.1, -0.05) is 18.2 Å². The van der Waals surface area contributed by atoms with E-state index >= 15 is 0 Å². The minimum absolute atomic E-state index is 0.0271. The third-order valence-corrected chi connectivity index (χ3v) is 2.44. The summed E-state index contributed by atoms with van der Waals surface area (Å²) in [6.07, 6.45) is -3.30. The molecule has 1 aromatic heterocycles. The van der Waals surface area contributed by atoms with Gasteiger partial charge < -0.3 is 9.90 Å². The highest BCUT2D eigenvalue weighted by Gasteiger charge is 2.33. The molecule has 2 aromatic rings. The van der Waals surface area contributed by atoms with Crippen LogP contribution in [-0.2, 0) is 12.7 Å². The Balaban J connectivity index is 2.19. The summed E-state index contributed by atoms with van der Waals surface area (Å²) in [6, 6.07) is 6.64. The smallest absolute Gasteiger partial charge is 0.435 e. The molecule has 0 saturated heterocycles. The van der Waals surface area contributed by atoms with E-state index in [0.717, 1.165) is 10.7 Å². The molecule has 0 unspecified atom stereocenters. The number of carboxylic acid groups (broad SMARTS) is 1. The lowest BCUT2D eigenvalue weighted by atomic mass is 10.1. The number of halogens is 3. The molecule has 0 aliphatic carbocycles. The van der Waals surface area contributed by atoms with Crippen LogP contribution in [0.15, 0.2) is 36.5 Å². The fourth-order valence-electron chi connectivity index (χ4n) is 1.58. The number of hydrogen-bond donors (Lipinski definition) is 0. The van der Waals surface area contributed by atoms with E-state index in [0.29, 0.717) is 5.56 Å². The standard InChI is InChI=1S/C12H9F3N2O2/c13-12(14,15)10-4-5-17(16-10)7-8-2-1-3-9(6-8)11(18)19/h1-6H,7H2,(H,18,19)/p-1. The molecule has 19 heavy (non-hydrogen) atoms. The Kier molecular flexibility index (Phi) is 3.28. The molecule has 1 heterocycles. The van der Waals surface area contributed by atoms with Gasteiger partial charge in [0.05, 0.1) is 12.5 Å². The summed E-state index contributed by atoms with van der Waals surface area (Å²) in [5.74, 6) is -1.33. The highest BCUT2D eigenvalue weighted by atomic mass is 19.4. The second-order valence-corrected chi connectivity index (χ2v) is 3.88. The Hall–Kier alpha value is -2.31. The van der Waals surface area contributed by atoms with Crippen LogP contribution in [0.2, 0.25) is 0 Å². The third-order valence-electron chi connectivity index (χ3n) is 2.44. The van der Waals surface area contributed by atoms with E-state index in [1.807, 2.05) is 0 Å². The number of aromatic nitrogens is 2. The van der Waals surface area contributed by atoms with Gasteiger partial charge in [0, 0.05) is 6.20 Å². The lowest BCUT2D eigenvalue weighted by Gasteiger charge is -2.06. The van der Waals surface area contributed by atoms with E-state index in [9.17, 15) is 23.1 Å². The van der Waals surface area contributed by atoms with Gasteiger partial charge in [-0.2, -0.15) is 18.3 Å². The molecule has 4 nitrogen and oxygen atoms in total. The number of aromatic carboxylic acids is 1. The SMILES string of the molecule is O=C([O-])c1cccc(Cn2ccc(C(F)(F)F)n2)c1. The van der Waals surface area contributed by atoms with Crippen LogP contribution in [0.5, 0.6) is 0 Å². The van der Waals surface area contributed by atoms with E-state index in [-0.39, 0.29) is 12.1 Å². The number of benzene rings is 1. The summed E-state index contributed by atoms with van der Waals surface area (Å²) in [5, 5.41) is 14.0. The molecule has 0 saturated carbocycles. The van der Waals surface area contributed by atoms with Crippen LogP contribution in [0.25, 0.3) is 0 Å². The highest BCUT2D eigenvalue weighted by molar-refractivity contribution is 5.85. The van der Waals surface area contributed by atoms with E-state index in [2.05, 4.69) is 5.10 Å². The van der Waals surface area contributed by atoms with E-state index in [4.69, 9.17) is 0 Å². The Labute approximate surface area is 106 Å². The van der Waals surface area contributed by atoms with Gasteiger partial charge >= 0.3 is 6.18 Å². The number of carbonyl (C=O) groups excluding carboxylic acids is 1. The molecular weight excluding hydrogens is 261 g/mol. The van der Waals surface area contributed by atoms with Crippen molar-refractivity contribution in [3.8, 4) is 0 Å². The van der Waals surface area contributed by atoms with E-state index < -0.39 is 17.8 Å². The summed E-state index contributed by atoms with van der Waals surface area (Å²) < 4.78 is 38.1. The fraction of sp³-hybridized carbons (Fsp3) is 0.167. The molecule has 0 radical (unpaired) electrons. The molecule has 0 spiro atoms. The number of carboxylic acids is 1. The van der Waals surface area contributed by atoms with Crippen LogP contribution in [0.4, 0.5) is 13.2 Å². The summed E-state index contributed by atoms with van der Waals surface area (Å²) in [4.78, 5) is 10.7. The van der Waals surface area contributed by atoms with Crippen LogP contribution in [0.1, 0.15) is 21.6 Å². The Morgan fingerprint density at radius 1 is 1.32 bits per heavy atom. The molecule has 0 amide bonds. The first-order valence-corrected chi connectivity index (χ1v) is 5.27. The van der Waals surface area contributed by atoms with Gasteiger partial charge in [-0.05, 0) is 23.3 Å². The molecule has 7 heteroatoms. The predicted octanol–water partition coefficient (Wildman–Crippen LogP) is 1.31. The zero-order valence-corrected chi connectivity index (χ0v) is 9.52. The summed E-state index contributed by atoms with van der Waals surface area (Å²) in [5.41, 5.74) is -0.484. The predicted molar refractivity (Wildman–Crippen MR) is 57.1 cm³/mol. The zero-order chi connectivity index (χ0) is 14.0. The van der Waals surface area contributed by atoms with Crippen LogP contribution in [-0.4, -0.2) is 15.7 Å². The average molecular weight is 269 g/mol. The number of rotatable bonds is 3. The van der Waals surface area contributed by atoms with E-state index in [1.54, 1.807) is 6.07 Å². The second kappa shape index (κ2) is 4.75. The van der Waals surface area contributed by atoms with Crippen molar-refractivity contribution in [2.75, 3.05) is 0 Å². The van der Waals surface area contributed by atoms with Crippen LogP contribution in [0.3, 0.4) is 0 Å². The third kappa shape index (κ3) is 3.12. The van der Waals surface area contributed by atoms with Crippen molar-refractivity contribution < 1.29 is 23.1 Å². The van der Waals surface area contributed by atoms with Crippen molar-refractivity contribution in [1.29, 1.82) is 0 Å². The van der Waals surface area contributed by atoms with Gasteiger partial charge in [-0.15, -0.1) is 0 Å². The molecule has 0 atom stereocenters. The second-order valence-electron chi connectivity index (χ2n) is 3.88. The molecule has 1 aromatic carbocycles. The van der Waals surface area contributed by atoms with Gasteiger partial charge in [0.15, 0.2) is 5.69 Å². The topological polar surface area (TPSA) is 57.9 Å². The molecule has 100 valence electrons. The maximum Gasteiger partial charge on any atom is 0.435 e. The minimum atomic E-state index is -4.49. The highest BCUT2D eigenvalue weighted by Crippen LogP contribution is 2.27. The van der Waals surface area contributed by atoms with Crippen molar-refractivity contribution in [2.24, 2.45) is 0 Å². The molecule has 0 bridgehead atoms. The number of carbonyl (C=O) groups is 1. The molecule has 2 rings (SSSR count). The normalized spacial score (nSPS) is 11.5.